The Morgan fingerprint density at radius 1 is 1.42 bits per heavy atom. The summed E-state index contributed by atoms with van der Waals surface area (Å²) < 4.78 is 1.78. The summed E-state index contributed by atoms with van der Waals surface area (Å²) in [5.41, 5.74) is 2.01. The maximum atomic E-state index is 12.1. The zero-order valence-electron chi connectivity index (χ0n) is 11.7. The molecular weight excluding hydrogens is 240 g/mol. The fraction of sp³-hybridized carbons (Fsp3) is 0.714. The van der Waals surface area contributed by atoms with E-state index >= 15 is 0 Å². The largest absolute Gasteiger partial charge is 0.350 e. The molecule has 3 aliphatic heterocycles. The van der Waals surface area contributed by atoms with Crippen LogP contribution in [0.3, 0.4) is 0 Å². The second-order valence-corrected chi connectivity index (χ2v) is 5.90. The van der Waals surface area contributed by atoms with Crippen LogP contribution in [0.25, 0.3) is 0 Å². The standard InChI is InChI=1S/C14H22N4O/c1-10-7-11(2)18(16-10)9-14(19)15-13-8-17-5-3-12(13)4-6-17/h7,12-13H,3-6,8-9H2,1-2H3,(H,15,19). The van der Waals surface area contributed by atoms with Crippen molar-refractivity contribution in [3.8, 4) is 0 Å². The molecule has 4 rings (SSSR count). The summed E-state index contributed by atoms with van der Waals surface area (Å²) in [5.74, 6) is 0.763. The Morgan fingerprint density at radius 3 is 2.68 bits per heavy atom. The second-order valence-electron chi connectivity index (χ2n) is 5.90. The Balaban J connectivity index is 1.58. The lowest BCUT2D eigenvalue weighted by atomic mass is 9.84. The molecule has 1 N–H and O–H groups in total. The Hall–Kier alpha value is -1.36. The van der Waals surface area contributed by atoms with Crippen LogP contribution in [0.5, 0.6) is 0 Å². The molecule has 0 aliphatic carbocycles. The molecule has 1 aromatic heterocycles. The number of hydrogen-bond donors (Lipinski definition) is 1. The van der Waals surface area contributed by atoms with Gasteiger partial charge in [0.15, 0.2) is 0 Å². The minimum Gasteiger partial charge on any atom is -0.350 e. The van der Waals surface area contributed by atoms with Crippen LogP contribution in [0.2, 0.25) is 0 Å². The number of fused-ring (bicyclic) bond motifs is 3. The Labute approximate surface area is 114 Å². The molecule has 0 saturated carbocycles. The van der Waals surface area contributed by atoms with Crippen molar-refractivity contribution in [2.45, 2.75) is 39.3 Å². The van der Waals surface area contributed by atoms with Gasteiger partial charge in [-0.15, -0.1) is 0 Å². The molecular formula is C14H22N4O. The molecule has 5 heteroatoms. The number of rotatable bonds is 3. The molecule has 1 unspecified atom stereocenters. The Morgan fingerprint density at radius 2 is 2.16 bits per heavy atom. The molecule has 1 amide bonds. The molecule has 19 heavy (non-hydrogen) atoms. The third-order valence-electron chi connectivity index (χ3n) is 4.40. The first-order valence-corrected chi connectivity index (χ1v) is 7.14. The van der Waals surface area contributed by atoms with E-state index in [0.717, 1.165) is 17.9 Å². The highest BCUT2D eigenvalue weighted by Crippen LogP contribution is 2.27. The van der Waals surface area contributed by atoms with Crippen LogP contribution in [0.4, 0.5) is 0 Å². The van der Waals surface area contributed by atoms with Gasteiger partial charge in [0.05, 0.1) is 5.69 Å². The van der Waals surface area contributed by atoms with Crippen molar-refractivity contribution in [3.63, 3.8) is 0 Å². The highest BCUT2D eigenvalue weighted by molar-refractivity contribution is 5.76. The number of carbonyl (C=O) groups is 1. The van der Waals surface area contributed by atoms with Gasteiger partial charge >= 0.3 is 0 Å². The quantitative estimate of drug-likeness (QED) is 0.873. The lowest BCUT2D eigenvalue weighted by Crippen LogP contribution is -2.57. The number of carbonyl (C=O) groups excluding carboxylic acids is 1. The lowest BCUT2D eigenvalue weighted by molar-refractivity contribution is -0.124. The molecule has 0 aromatic carbocycles. The fourth-order valence-electron chi connectivity index (χ4n) is 3.35. The molecule has 5 nitrogen and oxygen atoms in total. The van der Waals surface area contributed by atoms with Gasteiger partial charge in [-0.05, 0) is 51.8 Å². The minimum absolute atomic E-state index is 0.0879. The highest BCUT2D eigenvalue weighted by Gasteiger charge is 2.34. The molecule has 0 spiro atoms. The van der Waals surface area contributed by atoms with Crippen molar-refractivity contribution in [1.29, 1.82) is 0 Å². The first kappa shape index (κ1) is 12.7. The van der Waals surface area contributed by atoms with Crippen LogP contribution < -0.4 is 5.32 Å². The summed E-state index contributed by atoms with van der Waals surface area (Å²) in [6.45, 7) is 7.70. The number of nitrogens with zero attached hydrogens (tertiary/aromatic N) is 3. The van der Waals surface area contributed by atoms with Crippen LogP contribution >= 0.6 is 0 Å². The van der Waals surface area contributed by atoms with E-state index < -0.39 is 0 Å². The Bertz CT molecular complexity index is 474. The molecule has 0 radical (unpaired) electrons. The maximum absolute atomic E-state index is 12.1. The van der Waals surface area contributed by atoms with Crippen molar-refractivity contribution in [2.75, 3.05) is 19.6 Å². The average Bonchev–Trinajstić information content (AvgIpc) is 2.69. The summed E-state index contributed by atoms with van der Waals surface area (Å²) in [5, 5.41) is 7.53. The number of hydrogen-bond acceptors (Lipinski definition) is 3. The zero-order chi connectivity index (χ0) is 13.4. The van der Waals surface area contributed by atoms with Crippen LogP contribution in [-0.4, -0.2) is 46.3 Å². The number of aromatic nitrogens is 2. The Kier molecular flexibility index (Phi) is 3.31. The molecule has 3 saturated heterocycles. The van der Waals surface area contributed by atoms with Crippen molar-refractivity contribution in [1.82, 2.24) is 20.0 Å². The molecule has 1 atom stereocenters. The smallest absolute Gasteiger partial charge is 0.242 e. The van der Waals surface area contributed by atoms with Crippen LogP contribution in [0.15, 0.2) is 6.07 Å². The molecule has 104 valence electrons. The summed E-state index contributed by atoms with van der Waals surface area (Å²) in [4.78, 5) is 14.6. The number of piperidine rings is 3. The predicted molar refractivity (Wildman–Crippen MR) is 72.8 cm³/mol. The van der Waals surface area contributed by atoms with E-state index in [1.807, 2.05) is 19.9 Å². The molecule has 3 aliphatic rings. The van der Waals surface area contributed by atoms with E-state index in [-0.39, 0.29) is 5.91 Å². The first-order chi connectivity index (χ1) is 9.11. The van der Waals surface area contributed by atoms with E-state index in [4.69, 9.17) is 0 Å². The van der Waals surface area contributed by atoms with Gasteiger partial charge in [0, 0.05) is 18.3 Å². The van der Waals surface area contributed by atoms with E-state index in [1.165, 1.54) is 25.9 Å². The van der Waals surface area contributed by atoms with Gasteiger partial charge in [-0.3, -0.25) is 9.48 Å². The van der Waals surface area contributed by atoms with Gasteiger partial charge in [-0.2, -0.15) is 5.10 Å². The number of aryl methyl sites for hydroxylation is 2. The maximum Gasteiger partial charge on any atom is 0.242 e. The lowest BCUT2D eigenvalue weighted by Gasteiger charge is -2.44. The second kappa shape index (κ2) is 4.96. The third kappa shape index (κ3) is 2.66. The molecule has 3 fully saturated rings. The number of amides is 1. The van der Waals surface area contributed by atoms with Gasteiger partial charge in [0.2, 0.25) is 5.91 Å². The monoisotopic (exact) mass is 262 g/mol. The number of nitrogens with one attached hydrogen (secondary N) is 1. The third-order valence-corrected chi connectivity index (χ3v) is 4.40. The normalized spacial score (nSPS) is 29.5. The first-order valence-electron chi connectivity index (χ1n) is 7.14. The topological polar surface area (TPSA) is 50.2 Å². The van der Waals surface area contributed by atoms with Crippen molar-refractivity contribution in [3.05, 3.63) is 17.5 Å². The van der Waals surface area contributed by atoms with Crippen molar-refractivity contribution >= 4 is 5.91 Å². The molecule has 4 heterocycles. The van der Waals surface area contributed by atoms with Gasteiger partial charge in [0.1, 0.15) is 6.54 Å². The van der Waals surface area contributed by atoms with Gasteiger partial charge in [-0.1, -0.05) is 0 Å². The highest BCUT2D eigenvalue weighted by atomic mass is 16.2. The van der Waals surface area contributed by atoms with Gasteiger partial charge in [0.25, 0.3) is 0 Å². The fourth-order valence-corrected chi connectivity index (χ4v) is 3.35. The average molecular weight is 262 g/mol. The van der Waals surface area contributed by atoms with E-state index in [0.29, 0.717) is 18.5 Å². The van der Waals surface area contributed by atoms with E-state index in [2.05, 4.69) is 15.3 Å². The van der Waals surface area contributed by atoms with Crippen molar-refractivity contribution in [2.24, 2.45) is 5.92 Å². The van der Waals surface area contributed by atoms with Crippen LogP contribution in [0, 0.1) is 19.8 Å². The summed E-state index contributed by atoms with van der Waals surface area (Å²) >= 11 is 0. The summed E-state index contributed by atoms with van der Waals surface area (Å²) in [7, 11) is 0. The molecule has 2 bridgehead atoms. The summed E-state index contributed by atoms with van der Waals surface area (Å²) in [6, 6.07) is 2.34. The molecule has 1 aromatic rings. The van der Waals surface area contributed by atoms with Crippen LogP contribution in [0.1, 0.15) is 24.2 Å². The minimum atomic E-state index is 0.0879. The van der Waals surface area contributed by atoms with E-state index in [9.17, 15) is 4.79 Å². The van der Waals surface area contributed by atoms with Gasteiger partial charge in [-0.25, -0.2) is 0 Å². The SMILES string of the molecule is Cc1cc(C)n(CC(=O)NC2CN3CCC2CC3)n1. The van der Waals surface area contributed by atoms with Gasteiger partial charge < -0.3 is 10.2 Å². The zero-order valence-corrected chi connectivity index (χ0v) is 11.7. The summed E-state index contributed by atoms with van der Waals surface area (Å²) in [6.07, 6.45) is 2.45. The van der Waals surface area contributed by atoms with Crippen molar-refractivity contribution < 1.29 is 4.79 Å². The van der Waals surface area contributed by atoms with Crippen LogP contribution in [-0.2, 0) is 11.3 Å². The predicted octanol–water partition coefficient (Wildman–Crippen LogP) is 0.710. The van der Waals surface area contributed by atoms with E-state index in [1.54, 1.807) is 4.68 Å².